The maximum Gasteiger partial charge on any atom is 0.225 e. The van der Waals surface area contributed by atoms with Crippen LogP contribution in [0.5, 0.6) is 0 Å². The number of hydrogen-bond acceptors (Lipinski definition) is 2. The molecule has 0 aliphatic rings. The number of nitrogens with zero attached hydrogens (tertiary/aromatic N) is 2. The Morgan fingerprint density at radius 1 is 1.44 bits per heavy atom. The molecule has 0 rings (SSSR count). The second kappa shape index (κ2) is 8.15. The number of rotatable bonds is 7. The van der Waals surface area contributed by atoms with Gasteiger partial charge >= 0.3 is 0 Å². The molecule has 92 valence electrons. The van der Waals surface area contributed by atoms with Gasteiger partial charge < -0.3 is 4.90 Å². The van der Waals surface area contributed by atoms with Crippen LogP contribution in [-0.4, -0.2) is 24.4 Å². The van der Waals surface area contributed by atoms with E-state index in [1.54, 1.807) is 11.9 Å². The SMILES string of the molecule is CCCCC(CC)C(=O)N(C)CC(C)C#N. The molecule has 3 nitrogen and oxygen atoms in total. The molecule has 0 bridgehead atoms. The van der Waals surface area contributed by atoms with Crippen molar-refractivity contribution in [3.05, 3.63) is 0 Å². The Hall–Kier alpha value is -1.04. The largest absolute Gasteiger partial charge is 0.344 e. The van der Waals surface area contributed by atoms with Gasteiger partial charge in [0.2, 0.25) is 5.91 Å². The fraction of sp³-hybridized carbons (Fsp3) is 0.846. The highest BCUT2D eigenvalue weighted by Crippen LogP contribution is 2.15. The first kappa shape index (κ1) is 15.0. The zero-order chi connectivity index (χ0) is 12.6. The molecule has 0 saturated carbocycles. The van der Waals surface area contributed by atoms with Crippen molar-refractivity contribution in [2.45, 2.75) is 46.5 Å². The summed E-state index contributed by atoms with van der Waals surface area (Å²) in [6, 6.07) is 2.16. The number of carbonyl (C=O) groups excluding carboxylic acids is 1. The summed E-state index contributed by atoms with van der Waals surface area (Å²) in [6.45, 7) is 6.58. The molecule has 0 heterocycles. The van der Waals surface area contributed by atoms with Crippen LogP contribution in [0.2, 0.25) is 0 Å². The molecule has 0 aromatic carbocycles. The molecule has 0 aromatic heterocycles. The van der Waals surface area contributed by atoms with Crippen molar-refractivity contribution in [2.24, 2.45) is 11.8 Å². The Balaban J connectivity index is 4.22. The van der Waals surface area contributed by atoms with Gasteiger partial charge in [0.05, 0.1) is 12.0 Å². The van der Waals surface area contributed by atoms with Gasteiger partial charge in [0, 0.05) is 19.5 Å². The Morgan fingerprint density at radius 2 is 2.06 bits per heavy atom. The molecule has 0 fully saturated rings. The van der Waals surface area contributed by atoms with Crippen LogP contribution in [0.15, 0.2) is 0 Å². The summed E-state index contributed by atoms with van der Waals surface area (Å²) < 4.78 is 0. The Bertz CT molecular complexity index is 245. The first-order valence-electron chi connectivity index (χ1n) is 6.21. The van der Waals surface area contributed by atoms with E-state index in [9.17, 15) is 4.79 Å². The van der Waals surface area contributed by atoms with Gasteiger partial charge in [-0.25, -0.2) is 0 Å². The highest BCUT2D eigenvalue weighted by Gasteiger charge is 2.20. The molecular weight excluding hydrogens is 200 g/mol. The quantitative estimate of drug-likeness (QED) is 0.667. The van der Waals surface area contributed by atoms with Gasteiger partial charge in [-0.15, -0.1) is 0 Å². The Morgan fingerprint density at radius 3 is 2.50 bits per heavy atom. The number of carbonyl (C=O) groups is 1. The van der Waals surface area contributed by atoms with Crippen LogP contribution in [0.4, 0.5) is 0 Å². The van der Waals surface area contributed by atoms with Crippen LogP contribution >= 0.6 is 0 Å². The Labute approximate surface area is 99.4 Å². The summed E-state index contributed by atoms with van der Waals surface area (Å²) in [5.74, 6) is 0.242. The van der Waals surface area contributed by atoms with Gasteiger partial charge in [-0.05, 0) is 19.8 Å². The molecule has 0 spiro atoms. The fourth-order valence-corrected chi connectivity index (χ4v) is 1.81. The lowest BCUT2D eigenvalue weighted by molar-refractivity contribution is -0.134. The number of nitriles is 1. The Kier molecular flexibility index (Phi) is 7.62. The van der Waals surface area contributed by atoms with Crippen LogP contribution in [0.25, 0.3) is 0 Å². The predicted molar refractivity (Wildman–Crippen MR) is 65.7 cm³/mol. The van der Waals surface area contributed by atoms with Crippen LogP contribution in [-0.2, 0) is 4.79 Å². The zero-order valence-corrected chi connectivity index (χ0v) is 11.0. The number of amides is 1. The van der Waals surface area contributed by atoms with Crippen molar-refractivity contribution in [3.63, 3.8) is 0 Å². The van der Waals surface area contributed by atoms with E-state index in [1.807, 2.05) is 6.92 Å². The third-order valence-electron chi connectivity index (χ3n) is 2.89. The lowest BCUT2D eigenvalue weighted by atomic mass is 9.97. The van der Waals surface area contributed by atoms with Crippen LogP contribution in [0.1, 0.15) is 46.5 Å². The summed E-state index contributed by atoms with van der Waals surface area (Å²) >= 11 is 0. The van der Waals surface area contributed by atoms with Gasteiger partial charge in [0.15, 0.2) is 0 Å². The average Bonchev–Trinajstić information content (AvgIpc) is 2.29. The molecule has 0 aliphatic carbocycles. The van der Waals surface area contributed by atoms with Gasteiger partial charge in [0.1, 0.15) is 0 Å². The molecule has 0 saturated heterocycles. The molecule has 0 N–H and O–H groups in total. The van der Waals surface area contributed by atoms with E-state index in [-0.39, 0.29) is 17.7 Å². The van der Waals surface area contributed by atoms with E-state index < -0.39 is 0 Å². The third-order valence-corrected chi connectivity index (χ3v) is 2.89. The van der Waals surface area contributed by atoms with Crippen molar-refractivity contribution in [2.75, 3.05) is 13.6 Å². The van der Waals surface area contributed by atoms with Crippen LogP contribution < -0.4 is 0 Å². The maximum atomic E-state index is 12.0. The van der Waals surface area contributed by atoms with Gasteiger partial charge in [-0.2, -0.15) is 5.26 Å². The topological polar surface area (TPSA) is 44.1 Å². The van der Waals surface area contributed by atoms with Gasteiger partial charge in [-0.1, -0.05) is 26.7 Å². The zero-order valence-electron chi connectivity index (χ0n) is 11.0. The lowest BCUT2D eigenvalue weighted by Gasteiger charge is -2.23. The molecule has 2 atom stereocenters. The normalized spacial score (nSPS) is 13.9. The van der Waals surface area contributed by atoms with Gasteiger partial charge in [-0.3, -0.25) is 4.79 Å². The van der Waals surface area contributed by atoms with E-state index >= 15 is 0 Å². The highest BCUT2D eigenvalue weighted by atomic mass is 16.2. The molecule has 0 aliphatic heterocycles. The minimum absolute atomic E-state index is 0.0855. The molecule has 1 amide bonds. The molecular formula is C13H24N2O. The fourth-order valence-electron chi connectivity index (χ4n) is 1.81. The summed E-state index contributed by atoms with van der Waals surface area (Å²) in [7, 11) is 1.80. The smallest absolute Gasteiger partial charge is 0.225 e. The molecule has 0 aromatic rings. The van der Waals surface area contributed by atoms with E-state index in [1.165, 1.54) is 0 Å². The lowest BCUT2D eigenvalue weighted by Crippen LogP contribution is -2.35. The van der Waals surface area contributed by atoms with Crippen LogP contribution in [0, 0.1) is 23.2 Å². The molecule has 16 heavy (non-hydrogen) atoms. The third kappa shape index (κ3) is 5.16. The summed E-state index contributed by atoms with van der Waals surface area (Å²) in [5.41, 5.74) is 0. The summed E-state index contributed by atoms with van der Waals surface area (Å²) in [5, 5.41) is 8.71. The second-order valence-electron chi connectivity index (χ2n) is 4.50. The van der Waals surface area contributed by atoms with Crippen molar-refractivity contribution < 1.29 is 4.79 Å². The summed E-state index contributed by atoms with van der Waals surface area (Å²) in [6.07, 6.45) is 4.09. The van der Waals surface area contributed by atoms with Crippen LogP contribution in [0.3, 0.4) is 0 Å². The van der Waals surface area contributed by atoms with Crippen molar-refractivity contribution in [3.8, 4) is 6.07 Å². The standard InChI is InChI=1S/C13H24N2O/c1-5-7-8-12(6-2)13(16)15(4)10-11(3)9-14/h11-12H,5-8,10H2,1-4H3. The minimum Gasteiger partial charge on any atom is -0.344 e. The average molecular weight is 224 g/mol. The number of hydrogen-bond donors (Lipinski definition) is 0. The van der Waals surface area contributed by atoms with E-state index in [0.717, 1.165) is 25.7 Å². The summed E-state index contributed by atoms with van der Waals surface area (Å²) in [4.78, 5) is 13.8. The minimum atomic E-state index is -0.0855. The van der Waals surface area contributed by atoms with E-state index in [2.05, 4.69) is 19.9 Å². The van der Waals surface area contributed by atoms with Crippen molar-refractivity contribution in [1.82, 2.24) is 4.90 Å². The maximum absolute atomic E-state index is 12.0. The van der Waals surface area contributed by atoms with Gasteiger partial charge in [0.25, 0.3) is 0 Å². The molecule has 0 radical (unpaired) electrons. The number of unbranched alkanes of at least 4 members (excludes halogenated alkanes) is 1. The monoisotopic (exact) mass is 224 g/mol. The predicted octanol–water partition coefficient (Wildman–Crippen LogP) is 2.82. The second-order valence-corrected chi connectivity index (χ2v) is 4.50. The first-order valence-corrected chi connectivity index (χ1v) is 6.21. The molecule has 2 unspecified atom stereocenters. The van der Waals surface area contributed by atoms with E-state index in [4.69, 9.17) is 5.26 Å². The van der Waals surface area contributed by atoms with E-state index in [0.29, 0.717) is 6.54 Å². The van der Waals surface area contributed by atoms with Crippen molar-refractivity contribution >= 4 is 5.91 Å². The first-order chi connectivity index (χ1) is 7.56. The highest BCUT2D eigenvalue weighted by molar-refractivity contribution is 5.78. The van der Waals surface area contributed by atoms with Crippen molar-refractivity contribution in [1.29, 1.82) is 5.26 Å². The molecule has 3 heteroatoms.